The van der Waals surface area contributed by atoms with Gasteiger partial charge < -0.3 is 9.52 Å². The zero-order valence-corrected chi connectivity index (χ0v) is 10.3. The predicted octanol–water partition coefficient (Wildman–Crippen LogP) is 2.30. The Morgan fingerprint density at radius 1 is 1.41 bits per heavy atom. The fraction of sp³-hybridized carbons (Fsp3) is 0.462. The van der Waals surface area contributed by atoms with Crippen molar-refractivity contribution < 1.29 is 9.52 Å². The zero-order chi connectivity index (χ0) is 12.6. The largest absolute Gasteiger partial charge is 0.419 e. The van der Waals surface area contributed by atoms with Crippen molar-refractivity contribution in [2.45, 2.75) is 33.4 Å². The molecule has 1 aromatic heterocycles. The van der Waals surface area contributed by atoms with E-state index in [1.807, 2.05) is 32.9 Å². The Labute approximate surface area is 99.5 Å². The number of aromatic nitrogens is 1. The molecule has 0 aliphatic heterocycles. The fourth-order valence-electron chi connectivity index (χ4n) is 1.95. The number of nitrogens with zero attached hydrogens (tertiary/aromatic N) is 1. The smallest absolute Gasteiger partial charge is 0.408 e. The van der Waals surface area contributed by atoms with Gasteiger partial charge in [-0.3, -0.25) is 4.57 Å². The summed E-state index contributed by atoms with van der Waals surface area (Å²) in [5, 5.41) is 9.96. The number of aliphatic hydroxyl groups excluding tert-OH is 1. The molecule has 1 atom stereocenters. The van der Waals surface area contributed by atoms with E-state index in [2.05, 4.69) is 0 Å². The van der Waals surface area contributed by atoms with Gasteiger partial charge in [0.2, 0.25) is 0 Å². The second kappa shape index (κ2) is 4.37. The van der Waals surface area contributed by atoms with Crippen LogP contribution in [-0.2, 0) is 6.54 Å². The van der Waals surface area contributed by atoms with E-state index in [9.17, 15) is 9.90 Å². The fourth-order valence-corrected chi connectivity index (χ4v) is 1.95. The Balaban J connectivity index is 2.56. The van der Waals surface area contributed by atoms with Crippen molar-refractivity contribution in [3.63, 3.8) is 0 Å². The molecule has 0 spiro atoms. The summed E-state index contributed by atoms with van der Waals surface area (Å²) in [6.07, 6.45) is -0.533. The number of benzene rings is 1. The van der Waals surface area contributed by atoms with E-state index < -0.39 is 6.10 Å². The monoisotopic (exact) mass is 235 g/mol. The van der Waals surface area contributed by atoms with Crippen molar-refractivity contribution >= 4 is 11.1 Å². The molecule has 0 aliphatic rings. The van der Waals surface area contributed by atoms with E-state index in [0.29, 0.717) is 12.1 Å². The maximum absolute atomic E-state index is 11.5. The molecular weight excluding hydrogens is 218 g/mol. The van der Waals surface area contributed by atoms with Crippen molar-refractivity contribution in [1.82, 2.24) is 4.57 Å². The van der Waals surface area contributed by atoms with Crippen LogP contribution >= 0.6 is 0 Å². The van der Waals surface area contributed by atoms with Crippen molar-refractivity contribution in [2.24, 2.45) is 5.92 Å². The molecule has 0 saturated heterocycles. The van der Waals surface area contributed by atoms with E-state index in [1.54, 1.807) is 10.6 Å². The van der Waals surface area contributed by atoms with Gasteiger partial charge in [0.05, 0.1) is 11.6 Å². The molecule has 1 heterocycles. The Morgan fingerprint density at radius 3 is 2.71 bits per heavy atom. The summed E-state index contributed by atoms with van der Waals surface area (Å²) >= 11 is 0. The number of rotatable bonds is 3. The molecule has 0 fully saturated rings. The van der Waals surface area contributed by atoms with Crippen LogP contribution in [0.25, 0.3) is 11.1 Å². The molecule has 4 nitrogen and oxygen atoms in total. The molecule has 0 saturated carbocycles. The van der Waals surface area contributed by atoms with Gasteiger partial charge in [0.15, 0.2) is 5.58 Å². The number of hydrogen-bond acceptors (Lipinski definition) is 3. The Kier molecular flexibility index (Phi) is 3.07. The molecule has 2 rings (SSSR count). The molecular formula is C13H17NO3. The quantitative estimate of drug-likeness (QED) is 0.888. The molecule has 0 aliphatic carbocycles. The highest BCUT2D eigenvalue weighted by molar-refractivity contribution is 5.73. The first-order chi connectivity index (χ1) is 8.04. The van der Waals surface area contributed by atoms with E-state index in [1.165, 1.54) is 0 Å². The first kappa shape index (κ1) is 11.9. The van der Waals surface area contributed by atoms with Crippen LogP contribution in [0.5, 0.6) is 0 Å². The van der Waals surface area contributed by atoms with Gasteiger partial charge in [-0.2, -0.15) is 0 Å². The van der Waals surface area contributed by atoms with Crippen molar-refractivity contribution in [3.05, 3.63) is 34.3 Å². The predicted molar refractivity (Wildman–Crippen MR) is 65.9 cm³/mol. The summed E-state index contributed by atoms with van der Waals surface area (Å²) in [7, 11) is 0. The molecule has 2 aromatic rings. The summed E-state index contributed by atoms with van der Waals surface area (Å²) in [5.74, 6) is -0.217. The van der Waals surface area contributed by atoms with E-state index >= 15 is 0 Å². The van der Waals surface area contributed by atoms with E-state index in [0.717, 1.165) is 11.1 Å². The van der Waals surface area contributed by atoms with Gasteiger partial charge >= 0.3 is 5.76 Å². The summed E-state index contributed by atoms with van der Waals surface area (Å²) < 4.78 is 6.73. The summed E-state index contributed by atoms with van der Waals surface area (Å²) in [6.45, 7) is 6.37. The lowest BCUT2D eigenvalue weighted by Crippen LogP contribution is -2.12. The molecule has 1 aromatic carbocycles. The lowest BCUT2D eigenvalue weighted by molar-refractivity contribution is 0.127. The molecule has 1 unspecified atom stereocenters. The Hall–Kier alpha value is -1.55. The van der Waals surface area contributed by atoms with Gasteiger partial charge in [0, 0.05) is 6.54 Å². The van der Waals surface area contributed by atoms with Crippen LogP contribution in [-0.4, -0.2) is 9.67 Å². The minimum atomic E-state index is -0.533. The normalized spacial score (nSPS) is 13.5. The zero-order valence-electron chi connectivity index (χ0n) is 10.3. The third-order valence-electron chi connectivity index (χ3n) is 2.98. The highest BCUT2D eigenvalue weighted by atomic mass is 16.4. The maximum Gasteiger partial charge on any atom is 0.419 e. The molecule has 0 amide bonds. The van der Waals surface area contributed by atoms with Crippen LogP contribution in [0.1, 0.15) is 32.4 Å². The number of fused-ring (bicyclic) bond motifs is 1. The lowest BCUT2D eigenvalue weighted by Gasteiger charge is -2.14. The van der Waals surface area contributed by atoms with Crippen LogP contribution in [0.3, 0.4) is 0 Å². The van der Waals surface area contributed by atoms with Gasteiger partial charge in [0.25, 0.3) is 0 Å². The highest BCUT2D eigenvalue weighted by Gasteiger charge is 2.15. The lowest BCUT2D eigenvalue weighted by atomic mass is 9.99. The van der Waals surface area contributed by atoms with Crippen molar-refractivity contribution in [2.75, 3.05) is 0 Å². The topological polar surface area (TPSA) is 55.4 Å². The SMILES string of the molecule is CCn1c(=O)oc2cc(C(O)C(C)C)ccc21. The molecule has 1 N–H and O–H groups in total. The average Bonchev–Trinajstić information content (AvgIpc) is 2.61. The third kappa shape index (κ3) is 2.00. The van der Waals surface area contributed by atoms with Crippen LogP contribution in [0.2, 0.25) is 0 Å². The first-order valence-corrected chi connectivity index (χ1v) is 5.86. The van der Waals surface area contributed by atoms with Gasteiger partial charge in [-0.25, -0.2) is 4.79 Å². The number of aliphatic hydroxyl groups is 1. The van der Waals surface area contributed by atoms with Crippen LogP contribution < -0.4 is 5.76 Å². The molecule has 4 heteroatoms. The average molecular weight is 235 g/mol. The Bertz CT molecular complexity index is 580. The second-order valence-corrected chi connectivity index (χ2v) is 4.53. The molecule has 17 heavy (non-hydrogen) atoms. The van der Waals surface area contributed by atoms with Crippen LogP contribution in [0.15, 0.2) is 27.4 Å². The van der Waals surface area contributed by atoms with Gasteiger partial charge in [-0.15, -0.1) is 0 Å². The minimum absolute atomic E-state index is 0.132. The van der Waals surface area contributed by atoms with Gasteiger partial charge in [-0.1, -0.05) is 19.9 Å². The second-order valence-electron chi connectivity index (χ2n) is 4.53. The van der Waals surface area contributed by atoms with Gasteiger partial charge in [0.1, 0.15) is 0 Å². The van der Waals surface area contributed by atoms with Crippen LogP contribution in [0, 0.1) is 5.92 Å². The number of aryl methyl sites for hydroxylation is 1. The number of oxazole rings is 1. The van der Waals surface area contributed by atoms with Crippen molar-refractivity contribution in [1.29, 1.82) is 0 Å². The number of hydrogen-bond donors (Lipinski definition) is 1. The van der Waals surface area contributed by atoms with E-state index in [-0.39, 0.29) is 11.7 Å². The summed E-state index contributed by atoms with van der Waals surface area (Å²) in [4.78, 5) is 11.5. The summed E-state index contributed by atoms with van der Waals surface area (Å²) in [5.41, 5.74) is 2.09. The highest BCUT2D eigenvalue weighted by Crippen LogP contribution is 2.24. The Morgan fingerprint density at radius 2 is 2.12 bits per heavy atom. The summed E-state index contributed by atoms with van der Waals surface area (Å²) in [6, 6.07) is 5.41. The third-order valence-corrected chi connectivity index (χ3v) is 2.98. The molecule has 0 bridgehead atoms. The van der Waals surface area contributed by atoms with Gasteiger partial charge in [-0.05, 0) is 30.5 Å². The molecule has 92 valence electrons. The maximum atomic E-state index is 11.5. The van der Waals surface area contributed by atoms with E-state index in [4.69, 9.17) is 4.42 Å². The molecule has 0 radical (unpaired) electrons. The first-order valence-electron chi connectivity index (χ1n) is 5.86. The standard InChI is InChI=1S/C13H17NO3/c1-4-14-10-6-5-9(12(15)8(2)3)7-11(10)17-13(14)16/h5-8,12,15H,4H2,1-3H3. The minimum Gasteiger partial charge on any atom is -0.408 e. The van der Waals surface area contributed by atoms with Crippen LogP contribution in [0.4, 0.5) is 0 Å². The van der Waals surface area contributed by atoms with Crippen molar-refractivity contribution in [3.8, 4) is 0 Å².